The summed E-state index contributed by atoms with van der Waals surface area (Å²) in [5.41, 5.74) is 0.587. The largest absolute Gasteiger partial charge is 0.449 e. The monoisotopic (exact) mass is 248 g/mol. The van der Waals surface area contributed by atoms with E-state index in [1.165, 1.54) is 11.4 Å². The lowest BCUT2D eigenvalue weighted by molar-refractivity contribution is 0.0977. The maximum Gasteiger partial charge on any atom is 0.418 e. The molecular formula is C13H14NO2S. The highest BCUT2D eigenvalue weighted by atomic mass is 32.2. The van der Waals surface area contributed by atoms with Crippen molar-refractivity contribution in [3.8, 4) is 0 Å². The fraction of sp³-hybridized carbons (Fsp3) is 0.308. The first kappa shape index (κ1) is 12.0. The third-order valence-corrected chi connectivity index (χ3v) is 3.34. The summed E-state index contributed by atoms with van der Waals surface area (Å²) in [6.07, 6.45) is 2.00. The van der Waals surface area contributed by atoms with Gasteiger partial charge in [-0.25, -0.2) is 4.79 Å². The average Bonchev–Trinajstić information content (AvgIpc) is 2.29. The van der Waals surface area contributed by atoms with Gasteiger partial charge < -0.3 is 9.64 Å². The molecule has 0 spiro atoms. The number of anilines is 1. The van der Waals surface area contributed by atoms with Crippen LogP contribution in [0.2, 0.25) is 0 Å². The first-order valence-corrected chi connectivity index (χ1v) is 6.24. The second-order valence-corrected chi connectivity index (χ2v) is 5.39. The second-order valence-electron chi connectivity index (χ2n) is 4.44. The molecule has 0 bridgehead atoms. The molecule has 0 saturated heterocycles. The smallest absolute Gasteiger partial charge is 0.418 e. The van der Waals surface area contributed by atoms with Gasteiger partial charge in [-0.1, -0.05) is 23.9 Å². The van der Waals surface area contributed by atoms with Crippen LogP contribution in [0.5, 0.6) is 0 Å². The van der Waals surface area contributed by atoms with E-state index in [0.717, 1.165) is 5.69 Å². The minimum atomic E-state index is -0.554. The van der Waals surface area contributed by atoms with Crippen LogP contribution in [0.4, 0.5) is 5.69 Å². The van der Waals surface area contributed by atoms with Crippen LogP contribution in [0, 0.1) is 0 Å². The standard InChI is InChI=1S/C13H14NO2S/c1-13(2,16-10-15)9-14-7-8-17-12-6-4-3-5-11(12)14/h3-8H,9H2,1-2H3. The highest BCUT2D eigenvalue weighted by Gasteiger charge is 2.25. The Labute approximate surface area is 105 Å². The molecular weight excluding hydrogens is 234 g/mol. The Bertz CT molecular complexity index is 443. The van der Waals surface area contributed by atoms with Crippen molar-refractivity contribution in [1.29, 1.82) is 0 Å². The molecule has 89 valence electrons. The number of nitrogens with zero attached hydrogens (tertiary/aromatic N) is 1. The lowest BCUT2D eigenvalue weighted by Gasteiger charge is -2.32. The van der Waals surface area contributed by atoms with Crippen molar-refractivity contribution in [1.82, 2.24) is 0 Å². The highest BCUT2D eigenvalue weighted by molar-refractivity contribution is 8.02. The van der Waals surface area contributed by atoms with E-state index >= 15 is 0 Å². The number of hydrogen-bond acceptors (Lipinski definition) is 4. The molecule has 1 heterocycles. The van der Waals surface area contributed by atoms with Gasteiger partial charge in [0.1, 0.15) is 5.60 Å². The third-order valence-electron chi connectivity index (χ3n) is 2.48. The molecule has 1 aliphatic heterocycles. The molecule has 0 saturated carbocycles. The number of ether oxygens (including phenoxy) is 1. The Morgan fingerprint density at radius 1 is 1.41 bits per heavy atom. The molecule has 0 aliphatic carbocycles. The van der Waals surface area contributed by atoms with Crippen molar-refractivity contribution >= 4 is 23.9 Å². The SMILES string of the molecule is CC(C)(CN1C=CSc2ccccc21)O[C]=O. The van der Waals surface area contributed by atoms with Crippen molar-refractivity contribution in [2.24, 2.45) is 0 Å². The minimum Gasteiger partial charge on any atom is -0.449 e. The van der Waals surface area contributed by atoms with Crippen molar-refractivity contribution in [2.75, 3.05) is 11.4 Å². The summed E-state index contributed by atoms with van der Waals surface area (Å²) in [4.78, 5) is 13.6. The molecule has 0 amide bonds. The molecule has 3 nitrogen and oxygen atoms in total. The summed E-state index contributed by atoms with van der Waals surface area (Å²) < 4.78 is 4.96. The van der Waals surface area contributed by atoms with Gasteiger partial charge in [-0.3, -0.25) is 0 Å². The first-order chi connectivity index (χ1) is 8.12. The molecule has 0 N–H and O–H groups in total. The Balaban J connectivity index is 2.19. The summed E-state index contributed by atoms with van der Waals surface area (Å²) in [5, 5.41) is 2.03. The summed E-state index contributed by atoms with van der Waals surface area (Å²) in [5.74, 6) is 0. The molecule has 0 unspecified atom stereocenters. The van der Waals surface area contributed by atoms with Crippen LogP contribution < -0.4 is 4.90 Å². The average molecular weight is 248 g/mol. The maximum absolute atomic E-state index is 10.3. The van der Waals surface area contributed by atoms with E-state index in [-0.39, 0.29) is 0 Å². The van der Waals surface area contributed by atoms with Crippen molar-refractivity contribution in [3.05, 3.63) is 35.9 Å². The Hall–Kier alpha value is -1.42. The number of carbonyl (C=O) groups excluding carboxylic acids is 1. The molecule has 0 aromatic heterocycles. The van der Waals surface area contributed by atoms with Gasteiger partial charge >= 0.3 is 6.47 Å². The number of fused-ring (bicyclic) bond motifs is 1. The van der Waals surface area contributed by atoms with Crippen LogP contribution >= 0.6 is 11.8 Å². The van der Waals surface area contributed by atoms with E-state index in [1.807, 2.05) is 37.6 Å². The van der Waals surface area contributed by atoms with Crippen LogP contribution in [0.25, 0.3) is 0 Å². The quantitative estimate of drug-likeness (QED) is 0.819. The lowest BCUT2D eigenvalue weighted by atomic mass is 10.1. The molecule has 0 fully saturated rings. The minimum absolute atomic E-state index is 0.554. The van der Waals surface area contributed by atoms with Gasteiger partial charge in [-0.15, -0.1) is 0 Å². The first-order valence-electron chi connectivity index (χ1n) is 5.36. The Morgan fingerprint density at radius 3 is 2.94 bits per heavy atom. The normalized spacial score (nSPS) is 14.4. The van der Waals surface area contributed by atoms with Crippen molar-refractivity contribution in [2.45, 2.75) is 24.3 Å². The topological polar surface area (TPSA) is 29.5 Å². The van der Waals surface area contributed by atoms with Gasteiger partial charge in [-0.05, 0) is 31.4 Å². The van der Waals surface area contributed by atoms with E-state index in [9.17, 15) is 4.79 Å². The zero-order valence-electron chi connectivity index (χ0n) is 9.84. The van der Waals surface area contributed by atoms with Crippen molar-refractivity contribution < 1.29 is 9.53 Å². The summed E-state index contributed by atoms with van der Waals surface area (Å²) >= 11 is 1.69. The molecule has 1 aliphatic rings. The second kappa shape index (κ2) is 4.84. The van der Waals surface area contributed by atoms with Gasteiger partial charge in [0.2, 0.25) is 0 Å². The molecule has 4 heteroatoms. The van der Waals surface area contributed by atoms with Crippen LogP contribution in [-0.2, 0) is 9.53 Å². The fourth-order valence-electron chi connectivity index (χ4n) is 1.74. The number of hydrogen-bond donors (Lipinski definition) is 0. The third kappa shape index (κ3) is 2.82. The van der Waals surface area contributed by atoms with Crippen LogP contribution in [0.3, 0.4) is 0 Å². The number of benzene rings is 1. The molecule has 1 radical (unpaired) electrons. The molecule has 1 aromatic rings. The Kier molecular flexibility index (Phi) is 3.43. The Morgan fingerprint density at radius 2 is 2.18 bits per heavy atom. The zero-order valence-corrected chi connectivity index (χ0v) is 10.7. The van der Waals surface area contributed by atoms with E-state index < -0.39 is 5.60 Å². The molecule has 17 heavy (non-hydrogen) atoms. The predicted molar refractivity (Wildman–Crippen MR) is 69.6 cm³/mol. The number of para-hydroxylation sites is 1. The zero-order chi connectivity index (χ0) is 12.3. The lowest BCUT2D eigenvalue weighted by Crippen LogP contribution is -2.38. The molecule has 2 rings (SSSR count). The maximum atomic E-state index is 10.3. The van der Waals surface area contributed by atoms with Crippen LogP contribution in [-0.4, -0.2) is 18.6 Å². The van der Waals surface area contributed by atoms with Crippen LogP contribution in [0.15, 0.2) is 40.8 Å². The fourth-order valence-corrected chi connectivity index (χ4v) is 2.56. The summed E-state index contributed by atoms with van der Waals surface area (Å²) in [6.45, 7) is 5.87. The number of thioether (sulfide) groups is 1. The predicted octanol–water partition coefficient (Wildman–Crippen LogP) is 2.93. The van der Waals surface area contributed by atoms with E-state index in [0.29, 0.717) is 6.54 Å². The molecule has 1 aromatic carbocycles. The van der Waals surface area contributed by atoms with Gasteiger partial charge in [0.15, 0.2) is 0 Å². The number of rotatable bonds is 4. The van der Waals surface area contributed by atoms with Crippen LogP contribution in [0.1, 0.15) is 13.8 Å². The summed E-state index contributed by atoms with van der Waals surface area (Å²) in [7, 11) is 0. The molecule has 0 atom stereocenters. The van der Waals surface area contributed by atoms with Gasteiger partial charge in [0.05, 0.1) is 12.2 Å². The van der Waals surface area contributed by atoms with E-state index in [4.69, 9.17) is 4.74 Å². The van der Waals surface area contributed by atoms with Gasteiger partial charge in [-0.2, -0.15) is 0 Å². The highest BCUT2D eigenvalue weighted by Crippen LogP contribution is 2.35. The van der Waals surface area contributed by atoms with E-state index in [1.54, 1.807) is 11.8 Å². The van der Waals surface area contributed by atoms with Gasteiger partial charge in [0, 0.05) is 11.1 Å². The van der Waals surface area contributed by atoms with Crippen molar-refractivity contribution in [3.63, 3.8) is 0 Å². The summed E-state index contributed by atoms with van der Waals surface area (Å²) in [6, 6.07) is 8.16. The van der Waals surface area contributed by atoms with Gasteiger partial charge in [0.25, 0.3) is 0 Å². The van der Waals surface area contributed by atoms with E-state index in [2.05, 4.69) is 17.0 Å².